The van der Waals surface area contributed by atoms with E-state index in [9.17, 15) is 12.6 Å². The lowest BCUT2D eigenvalue weighted by molar-refractivity contribution is 0.309. The van der Waals surface area contributed by atoms with E-state index in [2.05, 4.69) is 4.40 Å². The van der Waals surface area contributed by atoms with Crippen molar-refractivity contribution >= 4 is 26.7 Å². The predicted octanol–water partition coefficient (Wildman–Crippen LogP) is 0.773. The van der Waals surface area contributed by atoms with Crippen LogP contribution in [0.15, 0.2) is 22.6 Å². The topological polar surface area (TPSA) is 98.8 Å². The Kier molecular flexibility index (Phi) is 5.00. The molecule has 0 bridgehead atoms. The van der Waals surface area contributed by atoms with E-state index in [1.54, 1.807) is 24.5 Å². The van der Waals surface area contributed by atoms with Crippen molar-refractivity contribution in [2.45, 2.75) is 18.6 Å². The van der Waals surface area contributed by atoms with Crippen LogP contribution in [0, 0.1) is 0 Å². The summed E-state index contributed by atoms with van der Waals surface area (Å²) in [7, 11) is -4.32. The summed E-state index contributed by atoms with van der Waals surface area (Å²) >= 11 is 0. The Morgan fingerprint density at radius 3 is 2.86 bits per heavy atom. The van der Waals surface area contributed by atoms with Gasteiger partial charge in [0.25, 0.3) is 10.0 Å². The maximum Gasteiger partial charge on any atom is 0.259 e. The molecular formula is C13H18N2O4S2. The fourth-order valence-corrected chi connectivity index (χ4v) is 3.82. The smallest absolute Gasteiger partial charge is 0.259 e. The van der Waals surface area contributed by atoms with Gasteiger partial charge in [-0.25, -0.2) is 8.42 Å². The molecule has 0 saturated carbocycles. The van der Waals surface area contributed by atoms with Crippen molar-refractivity contribution in [1.29, 1.82) is 0 Å². The van der Waals surface area contributed by atoms with Gasteiger partial charge in [-0.1, -0.05) is 12.1 Å². The number of benzene rings is 1. The fourth-order valence-electron chi connectivity index (χ4n) is 2.12. The Balaban J connectivity index is 2.08. The van der Waals surface area contributed by atoms with Gasteiger partial charge in [0.15, 0.2) is 0 Å². The van der Waals surface area contributed by atoms with E-state index >= 15 is 0 Å². The molecule has 2 N–H and O–H groups in total. The molecule has 0 amide bonds. The maximum atomic E-state index is 11.6. The van der Waals surface area contributed by atoms with Gasteiger partial charge in [-0.2, -0.15) is 0 Å². The Morgan fingerprint density at radius 2 is 2.14 bits per heavy atom. The largest absolute Gasteiger partial charge is 0.493 e. The van der Waals surface area contributed by atoms with Crippen molar-refractivity contribution in [3.05, 3.63) is 29.3 Å². The first-order valence-corrected chi connectivity index (χ1v) is 9.86. The molecule has 0 fully saturated rings. The van der Waals surface area contributed by atoms with Gasteiger partial charge in [0.2, 0.25) is 0 Å². The number of unbranched alkanes of at least 4 members (excludes halogenated alkanes) is 1. The monoisotopic (exact) mass is 330 g/mol. The minimum atomic E-state index is -3.53. The minimum absolute atomic E-state index is 0.0264. The minimum Gasteiger partial charge on any atom is -0.493 e. The van der Waals surface area contributed by atoms with Crippen LogP contribution in [0.25, 0.3) is 0 Å². The van der Waals surface area contributed by atoms with Crippen LogP contribution < -0.4 is 10.5 Å². The van der Waals surface area contributed by atoms with Gasteiger partial charge in [-0.15, -0.1) is 4.40 Å². The second kappa shape index (κ2) is 6.57. The summed E-state index contributed by atoms with van der Waals surface area (Å²) in [5, 5.41) is 0. The van der Waals surface area contributed by atoms with Gasteiger partial charge in [0, 0.05) is 22.8 Å². The first-order valence-electron chi connectivity index (χ1n) is 6.52. The lowest BCUT2D eigenvalue weighted by atomic mass is 10.1. The van der Waals surface area contributed by atoms with E-state index in [0.717, 1.165) is 12.8 Å². The van der Waals surface area contributed by atoms with Crippen molar-refractivity contribution < 1.29 is 17.4 Å². The molecule has 0 radical (unpaired) electrons. The molecule has 1 aliphatic heterocycles. The first-order chi connectivity index (χ1) is 9.89. The SMILES string of the molecule is CS(=O)CCCCOc1cccc2c1C(N)=NS(=O)(=O)C2. The predicted molar refractivity (Wildman–Crippen MR) is 83.5 cm³/mol. The zero-order chi connectivity index (χ0) is 15.5. The average molecular weight is 330 g/mol. The Bertz CT molecular complexity index is 683. The standard InChI is InChI=1S/C13H18N2O4S2/c1-20(16)8-3-2-7-19-11-6-4-5-10-9-21(17,18)15-13(14)12(10)11/h4-6H,2-3,7-9H2,1H3,(H2,14,15). The van der Waals surface area contributed by atoms with E-state index in [0.29, 0.717) is 29.2 Å². The number of rotatable bonds is 6. The summed E-state index contributed by atoms with van der Waals surface area (Å²) in [6.45, 7) is 0.466. The maximum absolute atomic E-state index is 11.6. The van der Waals surface area contributed by atoms with Crippen LogP contribution in [-0.4, -0.2) is 37.1 Å². The molecule has 2 rings (SSSR count). The molecule has 21 heavy (non-hydrogen) atoms. The number of amidine groups is 1. The van der Waals surface area contributed by atoms with Gasteiger partial charge in [-0.05, 0) is 24.5 Å². The Morgan fingerprint density at radius 1 is 1.38 bits per heavy atom. The van der Waals surface area contributed by atoms with Crippen LogP contribution >= 0.6 is 0 Å². The van der Waals surface area contributed by atoms with Crippen LogP contribution in [-0.2, 0) is 26.6 Å². The highest BCUT2D eigenvalue weighted by Gasteiger charge is 2.24. The molecule has 0 aliphatic carbocycles. The highest BCUT2D eigenvalue weighted by atomic mass is 32.2. The first kappa shape index (κ1) is 16.0. The molecule has 1 atom stereocenters. The van der Waals surface area contributed by atoms with Crippen LogP contribution in [0.2, 0.25) is 0 Å². The molecule has 0 spiro atoms. The van der Waals surface area contributed by atoms with E-state index in [4.69, 9.17) is 10.5 Å². The highest BCUT2D eigenvalue weighted by molar-refractivity contribution is 7.89. The molecule has 6 nitrogen and oxygen atoms in total. The number of hydrogen-bond donors (Lipinski definition) is 1. The third kappa shape index (κ3) is 4.28. The molecule has 1 aliphatic rings. The summed E-state index contributed by atoms with van der Waals surface area (Å²) in [6.07, 6.45) is 3.26. The summed E-state index contributed by atoms with van der Waals surface area (Å²) in [6, 6.07) is 5.20. The number of nitrogens with zero attached hydrogens (tertiary/aromatic N) is 1. The van der Waals surface area contributed by atoms with Crippen LogP contribution in [0.5, 0.6) is 5.75 Å². The summed E-state index contributed by atoms with van der Waals surface area (Å²) in [4.78, 5) is 0. The number of nitrogens with two attached hydrogens (primary N) is 1. The third-order valence-corrected chi connectivity index (χ3v) is 5.04. The molecule has 0 aromatic heterocycles. The average Bonchev–Trinajstić information content (AvgIpc) is 2.36. The lowest BCUT2D eigenvalue weighted by Crippen LogP contribution is -2.24. The molecule has 8 heteroatoms. The number of ether oxygens (including phenoxy) is 1. The summed E-state index contributed by atoms with van der Waals surface area (Å²) in [5.41, 5.74) is 6.91. The quantitative estimate of drug-likeness (QED) is 0.777. The molecule has 1 unspecified atom stereocenters. The second-order valence-electron chi connectivity index (χ2n) is 4.83. The van der Waals surface area contributed by atoms with E-state index in [1.807, 2.05) is 0 Å². The highest BCUT2D eigenvalue weighted by Crippen LogP contribution is 2.28. The summed E-state index contributed by atoms with van der Waals surface area (Å²) in [5.74, 6) is 1.01. The molecule has 0 saturated heterocycles. The van der Waals surface area contributed by atoms with Gasteiger partial charge < -0.3 is 10.5 Å². The number of sulfonamides is 1. The fraction of sp³-hybridized carbons (Fsp3) is 0.462. The van der Waals surface area contributed by atoms with Gasteiger partial charge >= 0.3 is 0 Å². The Hall–Kier alpha value is -1.41. The molecule has 1 aromatic rings. The molecule has 116 valence electrons. The van der Waals surface area contributed by atoms with Crippen LogP contribution in [0.1, 0.15) is 24.0 Å². The zero-order valence-corrected chi connectivity index (χ0v) is 13.4. The normalized spacial score (nSPS) is 17.7. The Labute approximate surface area is 126 Å². The van der Waals surface area contributed by atoms with Crippen molar-refractivity contribution in [3.63, 3.8) is 0 Å². The van der Waals surface area contributed by atoms with E-state index in [-0.39, 0.29) is 11.6 Å². The summed E-state index contributed by atoms with van der Waals surface area (Å²) < 4.78 is 43.3. The van der Waals surface area contributed by atoms with Crippen LogP contribution in [0.4, 0.5) is 0 Å². The molecule has 1 heterocycles. The van der Waals surface area contributed by atoms with Crippen molar-refractivity contribution in [2.75, 3.05) is 18.6 Å². The molecule has 1 aromatic carbocycles. The molecular weight excluding hydrogens is 312 g/mol. The zero-order valence-electron chi connectivity index (χ0n) is 11.7. The third-order valence-electron chi connectivity index (χ3n) is 3.03. The van der Waals surface area contributed by atoms with Crippen molar-refractivity contribution in [2.24, 2.45) is 10.1 Å². The number of fused-ring (bicyclic) bond motifs is 1. The van der Waals surface area contributed by atoms with Crippen molar-refractivity contribution in [3.8, 4) is 5.75 Å². The van der Waals surface area contributed by atoms with E-state index in [1.165, 1.54) is 0 Å². The van der Waals surface area contributed by atoms with Crippen LogP contribution in [0.3, 0.4) is 0 Å². The van der Waals surface area contributed by atoms with Gasteiger partial charge in [0.1, 0.15) is 11.6 Å². The second-order valence-corrected chi connectivity index (χ2v) is 8.02. The van der Waals surface area contributed by atoms with Crippen molar-refractivity contribution in [1.82, 2.24) is 0 Å². The lowest BCUT2D eigenvalue weighted by Gasteiger charge is -2.18. The van der Waals surface area contributed by atoms with Gasteiger partial charge in [0.05, 0.1) is 17.9 Å². The number of hydrogen-bond acceptors (Lipinski definition) is 5. The van der Waals surface area contributed by atoms with E-state index < -0.39 is 20.8 Å². The van der Waals surface area contributed by atoms with Gasteiger partial charge in [-0.3, -0.25) is 4.21 Å².